The third-order valence-corrected chi connectivity index (χ3v) is 3.79. The summed E-state index contributed by atoms with van der Waals surface area (Å²) in [6.07, 6.45) is 0. The molecular formula is C10H8BrClN2S. The van der Waals surface area contributed by atoms with Crippen molar-refractivity contribution in [1.82, 2.24) is 9.97 Å². The third-order valence-electron chi connectivity index (χ3n) is 1.83. The fourth-order valence-corrected chi connectivity index (χ4v) is 2.74. The van der Waals surface area contributed by atoms with E-state index in [4.69, 9.17) is 11.6 Å². The highest BCUT2D eigenvalue weighted by Gasteiger charge is 2.06. The molecule has 0 N–H and O–H groups in total. The summed E-state index contributed by atoms with van der Waals surface area (Å²) >= 11 is 10.8. The minimum Gasteiger partial charge on any atom is -0.233 e. The van der Waals surface area contributed by atoms with Crippen molar-refractivity contribution in [2.24, 2.45) is 0 Å². The third kappa shape index (κ3) is 2.56. The van der Waals surface area contributed by atoms with Crippen molar-refractivity contribution >= 4 is 38.9 Å². The Morgan fingerprint density at radius 1 is 1.40 bits per heavy atom. The van der Waals surface area contributed by atoms with E-state index in [-0.39, 0.29) is 0 Å². The van der Waals surface area contributed by atoms with Crippen LogP contribution in [0.5, 0.6) is 0 Å². The van der Waals surface area contributed by atoms with Crippen LogP contribution in [0, 0.1) is 6.92 Å². The number of rotatable bonds is 2. The molecule has 0 bridgehead atoms. The summed E-state index contributed by atoms with van der Waals surface area (Å²) < 4.78 is 1.06. The largest absolute Gasteiger partial charge is 0.233 e. The second-order valence-corrected chi connectivity index (χ2v) is 5.18. The van der Waals surface area contributed by atoms with Crippen LogP contribution in [0.1, 0.15) is 11.4 Å². The summed E-state index contributed by atoms with van der Waals surface area (Å²) in [7, 11) is 0. The Balaban J connectivity index is 2.48. The predicted octanol–water partition coefficient (Wildman–Crippen LogP) is 4.01. The van der Waals surface area contributed by atoms with Gasteiger partial charge < -0.3 is 0 Å². The van der Waals surface area contributed by atoms with Crippen molar-refractivity contribution in [3.63, 3.8) is 0 Å². The monoisotopic (exact) mass is 302 g/mol. The van der Waals surface area contributed by atoms with Crippen LogP contribution in [-0.2, 0) is 5.88 Å². The van der Waals surface area contributed by atoms with Crippen LogP contribution in [-0.4, -0.2) is 9.97 Å². The second-order valence-electron chi connectivity index (χ2n) is 3.09. The van der Waals surface area contributed by atoms with Gasteiger partial charge in [0.25, 0.3) is 0 Å². The lowest BCUT2D eigenvalue weighted by Gasteiger charge is -2.01. The van der Waals surface area contributed by atoms with E-state index in [0.29, 0.717) is 5.88 Å². The van der Waals surface area contributed by atoms with Crippen molar-refractivity contribution in [2.45, 2.75) is 12.8 Å². The van der Waals surface area contributed by atoms with Crippen LogP contribution in [0.4, 0.5) is 0 Å². The fourth-order valence-electron chi connectivity index (χ4n) is 1.24. The number of halogens is 2. The molecule has 0 aliphatic heterocycles. The number of alkyl halides is 1. The fraction of sp³-hybridized carbons (Fsp3) is 0.200. The Labute approximate surface area is 105 Å². The average molecular weight is 304 g/mol. The molecule has 0 saturated carbocycles. The molecule has 0 radical (unpaired) electrons. The van der Waals surface area contributed by atoms with Crippen molar-refractivity contribution < 1.29 is 0 Å². The number of aryl methyl sites for hydroxylation is 1. The Hall–Kier alpha value is -0.450. The maximum Gasteiger partial charge on any atom is 0.169 e. The van der Waals surface area contributed by atoms with Crippen molar-refractivity contribution in [1.29, 1.82) is 0 Å². The molecule has 5 heteroatoms. The van der Waals surface area contributed by atoms with Gasteiger partial charge in [0, 0.05) is 15.5 Å². The molecule has 0 unspecified atom stereocenters. The molecule has 0 fully saturated rings. The number of hydrogen-bond acceptors (Lipinski definition) is 3. The quantitative estimate of drug-likeness (QED) is 0.783. The molecule has 2 nitrogen and oxygen atoms in total. The number of hydrogen-bond donors (Lipinski definition) is 0. The summed E-state index contributed by atoms with van der Waals surface area (Å²) in [5, 5.41) is 2.02. The SMILES string of the molecule is Cc1cc(CCl)nc(-c2cc(Br)cs2)n1. The maximum absolute atomic E-state index is 5.77. The number of nitrogens with zero attached hydrogens (tertiary/aromatic N) is 2. The highest BCUT2D eigenvalue weighted by molar-refractivity contribution is 9.10. The molecule has 0 aliphatic carbocycles. The molecule has 0 amide bonds. The molecule has 2 heterocycles. The van der Waals surface area contributed by atoms with Gasteiger partial charge in [0.1, 0.15) is 0 Å². The van der Waals surface area contributed by atoms with Crippen molar-refractivity contribution in [3.05, 3.63) is 33.4 Å². The molecule has 15 heavy (non-hydrogen) atoms. The van der Waals surface area contributed by atoms with E-state index in [0.717, 1.165) is 26.6 Å². The molecule has 0 aliphatic rings. The van der Waals surface area contributed by atoms with Crippen LogP contribution in [0.3, 0.4) is 0 Å². The average Bonchev–Trinajstić information content (AvgIpc) is 2.64. The van der Waals surface area contributed by atoms with Gasteiger partial charge in [-0.2, -0.15) is 0 Å². The molecule has 78 valence electrons. The van der Waals surface area contributed by atoms with Crippen LogP contribution in [0.2, 0.25) is 0 Å². The molecule has 2 aromatic rings. The Kier molecular flexibility index (Phi) is 3.38. The highest BCUT2D eigenvalue weighted by atomic mass is 79.9. The van der Waals surface area contributed by atoms with E-state index < -0.39 is 0 Å². The van der Waals surface area contributed by atoms with Gasteiger partial charge >= 0.3 is 0 Å². The first-order valence-electron chi connectivity index (χ1n) is 4.34. The van der Waals surface area contributed by atoms with Crippen LogP contribution in [0.25, 0.3) is 10.7 Å². The van der Waals surface area contributed by atoms with E-state index in [1.807, 2.05) is 24.4 Å². The minimum absolute atomic E-state index is 0.420. The van der Waals surface area contributed by atoms with E-state index in [1.54, 1.807) is 11.3 Å². The molecule has 0 spiro atoms. The normalized spacial score (nSPS) is 10.6. The predicted molar refractivity (Wildman–Crippen MR) is 67.3 cm³/mol. The van der Waals surface area contributed by atoms with Crippen LogP contribution in [0.15, 0.2) is 22.0 Å². The Morgan fingerprint density at radius 2 is 2.20 bits per heavy atom. The topological polar surface area (TPSA) is 25.8 Å². The van der Waals surface area contributed by atoms with Gasteiger partial charge in [-0.05, 0) is 35.0 Å². The number of aromatic nitrogens is 2. The van der Waals surface area contributed by atoms with Crippen LogP contribution < -0.4 is 0 Å². The lowest BCUT2D eigenvalue weighted by Crippen LogP contribution is -1.94. The van der Waals surface area contributed by atoms with Gasteiger partial charge in [-0.15, -0.1) is 22.9 Å². The first kappa shape index (κ1) is 11.0. The van der Waals surface area contributed by atoms with E-state index in [1.165, 1.54) is 0 Å². The summed E-state index contributed by atoms with van der Waals surface area (Å²) in [6, 6.07) is 3.91. The maximum atomic E-state index is 5.77. The van der Waals surface area contributed by atoms with Gasteiger partial charge in [-0.1, -0.05) is 0 Å². The van der Waals surface area contributed by atoms with Crippen molar-refractivity contribution in [2.75, 3.05) is 0 Å². The van der Waals surface area contributed by atoms with Gasteiger partial charge in [0.05, 0.1) is 16.5 Å². The summed E-state index contributed by atoms with van der Waals surface area (Å²) in [5.74, 6) is 1.17. The van der Waals surface area contributed by atoms with E-state index >= 15 is 0 Å². The first-order chi connectivity index (χ1) is 7.19. The van der Waals surface area contributed by atoms with Crippen molar-refractivity contribution in [3.8, 4) is 10.7 Å². The standard InChI is InChI=1S/C10H8BrClN2S/c1-6-2-8(4-12)14-10(13-6)9-3-7(11)5-15-9/h2-3,5H,4H2,1H3. The zero-order valence-electron chi connectivity index (χ0n) is 8.00. The summed E-state index contributed by atoms with van der Waals surface area (Å²) in [5.41, 5.74) is 1.81. The molecule has 2 rings (SSSR count). The summed E-state index contributed by atoms with van der Waals surface area (Å²) in [4.78, 5) is 9.82. The molecule has 0 aromatic carbocycles. The lowest BCUT2D eigenvalue weighted by atomic mass is 10.3. The Morgan fingerprint density at radius 3 is 2.80 bits per heavy atom. The summed E-state index contributed by atoms with van der Waals surface area (Å²) in [6.45, 7) is 1.95. The molecule has 0 atom stereocenters. The van der Waals surface area contributed by atoms with Gasteiger partial charge in [0.15, 0.2) is 5.82 Å². The second kappa shape index (κ2) is 4.60. The molecule has 0 saturated heterocycles. The van der Waals surface area contributed by atoms with Crippen LogP contribution >= 0.6 is 38.9 Å². The Bertz CT molecular complexity index is 484. The highest BCUT2D eigenvalue weighted by Crippen LogP contribution is 2.27. The number of thiophene rings is 1. The lowest BCUT2D eigenvalue weighted by molar-refractivity contribution is 1.06. The van der Waals surface area contributed by atoms with E-state index in [2.05, 4.69) is 25.9 Å². The zero-order valence-corrected chi connectivity index (χ0v) is 11.2. The van der Waals surface area contributed by atoms with E-state index in [9.17, 15) is 0 Å². The molecular weight excluding hydrogens is 296 g/mol. The molecule has 2 aromatic heterocycles. The smallest absolute Gasteiger partial charge is 0.169 e. The zero-order chi connectivity index (χ0) is 10.8. The van der Waals surface area contributed by atoms with Gasteiger partial charge in [-0.3, -0.25) is 0 Å². The first-order valence-corrected chi connectivity index (χ1v) is 6.54. The van der Waals surface area contributed by atoms with Gasteiger partial charge in [0.2, 0.25) is 0 Å². The van der Waals surface area contributed by atoms with Gasteiger partial charge in [-0.25, -0.2) is 9.97 Å². The minimum atomic E-state index is 0.420.